The smallest absolute Gasteiger partial charge is 0.379 e. The molecule has 0 aromatic heterocycles. The summed E-state index contributed by atoms with van der Waals surface area (Å²) in [5, 5.41) is 3.20. The topological polar surface area (TPSA) is 75.7 Å². The van der Waals surface area contributed by atoms with E-state index in [2.05, 4.69) is 5.32 Å². The number of halogens is 5. The first-order valence-electron chi connectivity index (χ1n) is 11.0. The van der Waals surface area contributed by atoms with Crippen LogP contribution < -0.4 is 9.50 Å². The largest absolute Gasteiger partial charge is 0.416 e. The fourth-order valence-corrected chi connectivity index (χ4v) is 4.65. The zero-order valence-electron chi connectivity index (χ0n) is 19.7. The highest BCUT2D eigenvalue weighted by atomic mass is 35.5. The highest BCUT2D eigenvalue weighted by molar-refractivity contribution is 7.87. The van der Waals surface area contributed by atoms with Gasteiger partial charge in [0, 0.05) is 12.6 Å². The Kier molecular flexibility index (Phi) is 8.99. The summed E-state index contributed by atoms with van der Waals surface area (Å²) in [7, 11) is -4.55. The molecule has 0 spiro atoms. The number of hydrogen-bond donors (Lipinski definition) is 1. The number of amides is 2. The average Bonchev–Trinajstić information content (AvgIpc) is 2.84. The maximum Gasteiger partial charge on any atom is 0.416 e. The number of carbonyl (C=O) groups excluding carboxylic acids is 1. The second-order valence-corrected chi connectivity index (χ2v) is 10.5. The van der Waals surface area contributed by atoms with Crippen molar-refractivity contribution in [3.63, 3.8) is 0 Å². The first kappa shape index (κ1) is 28.6. The molecule has 1 atom stereocenters. The summed E-state index contributed by atoms with van der Waals surface area (Å²) >= 11 is 12.2. The molecule has 3 rings (SSSR count). The van der Waals surface area contributed by atoms with Gasteiger partial charge in [0.05, 0.1) is 21.3 Å². The van der Waals surface area contributed by atoms with Crippen LogP contribution in [0.15, 0.2) is 71.6 Å². The van der Waals surface area contributed by atoms with Crippen molar-refractivity contribution in [2.24, 2.45) is 0 Å². The zero-order valence-corrected chi connectivity index (χ0v) is 22.0. The van der Waals surface area contributed by atoms with E-state index in [0.29, 0.717) is 23.7 Å². The molecule has 0 heterocycles. The predicted octanol–water partition coefficient (Wildman–Crippen LogP) is 7.61. The van der Waals surface area contributed by atoms with E-state index in [1.165, 1.54) is 23.1 Å². The van der Waals surface area contributed by atoms with Crippen molar-refractivity contribution in [3.05, 3.63) is 87.9 Å². The molecule has 0 bridgehead atoms. The van der Waals surface area contributed by atoms with E-state index < -0.39 is 32.8 Å². The third kappa shape index (κ3) is 7.30. The maximum absolute atomic E-state index is 13.1. The number of urea groups is 1. The van der Waals surface area contributed by atoms with Gasteiger partial charge in [0.2, 0.25) is 0 Å². The van der Waals surface area contributed by atoms with E-state index in [9.17, 15) is 26.4 Å². The fourth-order valence-electron chi connectivity index (χ4n) is 3.33. The van der Waals surface area contributed by atoms with Gasteiger partial charge in [-0.1, -0.05) is 54.4 Å². The first-order valence-corrected chi connectivity index (χ1v) is 13.2. The van der Waals surface area contributed by atoms with Crippen LogP contribution in [0, 0.1) is 0 Å². The summed E-state index contributed by atoms with van der Waals surface area (Å²) in [6, 6.07) is 13.4. The van der Waals surface area contributed by atoms with Crippen molar-refractivity contribution in [2.45, 2.75) is 43.9 Å². The third-order valence-electron chi connectivity index (χ3n) is 5.48. The molecule has 0 aliphatic heterocycles. The van der Waals surface area contributed by atoms with Gasteiger partial charge in [0.1, 0.15) is 10.6 Å². The van der Waals surface area contributed by atoms with E-state index >= 15 is 0 Å². The SMILES string of the molecule is CCC(C)N(Cc1cccc(OS(=O)(=O)c2cccc(C(F)(F)F)c2)c1)C(=O)Nc1cccc(Cl)c1Cl. The minimum Gasteiger partial charge on any atom is -0.379 e. The predicted molar refractivity (Wildman–Crippen MR) is 136 cm³/mol. The molecule has 0 aliphatic carbocycles. The molecule has 12 heteroatoms. The van der Waals surface area contributed by atoms with Gasteiger partial charge in [-0.2, -0.15) is 21.6 Å². The average molecular weight is 575 g/mol. The number of alkyl halides is 3. The summed E-state index contributed by atoms with van der Waals surface area (Å²) in [6.45, 7) is 3.83. The van der Waals surface area contributed by atoms with E-state index in [4.69, 9.17) is 27.4 Å². The summed E-state index contributed by atoms with van der Waals surface area (Å²) in [5.41, 5.74) is -0.248. The van der Waals surface area contributed by atoms with Crippen LogP contribution in [0.4, 0.5) is 23.7 Å². The third-order valence-corrected chi connectivity index (χ3v) is 7.55. The van der Waals surface area contributed by atoms with E-state index in [0.717, 1.165) is 18.2 Å². The Morgan fingerprint density at radius 2 is 1.73 bits per heavy atom. The van der Waals surface area contributed by atoms with Gasteiger partial charge in [0.15, 0.2) is 0 Å². The van der Waals surface area contributed by atoms with Gasteiger partial charge < -0.3 is 14.4 Å². The lowest BCUT2D eigenvalue weighted by Crippen LogP contribution is -2.40. The highest BCUT2D eigenvalue weighted by Gasteiger charge is 2.32. The van der Waals surface area contributed by atoms with Crippen LogP contribution in [-0.2, 0) is 22.8 Å². The summed E-state index contributed by atoms with van der Waals surface area (Å²) in [4.78, 5) is 14.0. The van der Waals surface area contributed by atoms with Crippen molar-refractivity contribution in [1.82, 2.24) is 4.90 Å². The normalized spacial score (nSPS) is 12.6. The summed E-state index contributed by atoms with van der Waals surface area (Å²) < 4.78 is 69.4. The molecule has 1 unspecified atom stereocenters. The van der Waals surface area contributed by atoms with Gasteiger partial charge in [-0.3, -0.25) is 0 Å². The Morgan fingerprint density at radius 3 is 2.41 bits per heavy atom. The first-order chi connectivity index (χ1) is 17.3. The van der Waals surface area contributed by atoms with Crippen LogP contribution in [0.1, 0.15) is 31.4 Å². The fraction of sp³-hybridized carbons (Fsp3) is 0.240. The minimum atomic E-state index is -4.71. The van der Waals surface area contributed by atoms with Crippen molar-refractivity contribution >= 4 is 45.0 Å². The number of hydrogen-bond acceptors (Lipinski definition) is 4. The molecule has 3 aromatic carbocycles. The van der Waals surface area contributed by atoms with Gasteiger partial charge in [-0.05, 0) is 61.4 Å². The maximum atomic E-state index is 13.1. The van der Waals surface area contributed by atoms with Crippen LogP contribution in [0.25, 0.3) is 0 Å². The molecule has 0 radical (unpaired) electrons. The number of benzene rings is 3. The zero-order chi connectivity index (χ0) is 27.4. The minimum absolute atomic E-state index is 0.0832. The Bertz CT molecular complexity index is 1380. The van der Waals surface area contributed by atoms with Crippen molar-refractivity contribution in [3.8, 4) is 5.75 Å². The molecule has 0 aliphatic rings. The molecular weight excluding hydrogens is 552 g/mol. The number of carbonyl (C=O) groups is 1. The summed E-state index contributed by atoms with van der Waals surface area (Å²) in [5.74, 6) is -0.114. The van der Waals surface area contributed by atoms with E-state index in [-0.39, 0.29) is 28.4 Å². The lowest BCUT2D eigenvalue weighted by Gasteiger charge is -2.29. The van der Waals surface area contributed by atoms with Crippen LogP contribution in [0.2, 0.25) is 10.0 Å². The monoisotopic (exact) mass is 574 g/mol. The van der Waals surface area contributed by atoms with Gasteiger partial charge in [-0.25, -0.2) is 4.79 Å². The lowest BCUT2D eigenvalue weighted by molar-refractivity contribution is -0.137. The number of nitrogens with zero attached hydrogens (tertiary/aromatic N) is 1. The highest BCUT2D eigenvalue weighted by Crippen LogP contribution is 2.32. The quantitative estimate of drug-likeness (QED) is 0.281. The van der Waals surface area contributed by atoms with Gasteiger partial charge >= 0.3 is 22.3 Å². The van der Waals surface area contributed by atoms with Crippen molar-refractivity contribution in [1.29, 1.82) is 0 Å². The Labute approximate surface area is 223 Å². The molecule has 37 heavy (non-hydrogen) atoms. The van der Waals surface area contributed by atoms with Gasteiger partial charge in [-0.15, -0.1) is 0 Å². The Morgan fingerprint density at radius 1 is 1.05 bits per heavy atom. The molecule has 6 nitrogen and oxygen atoms in total. The molecular formula is C25H23Cl2F3N2O4S. The molecule has 0 saturated carbocycles. The van der Waals surface area contributed by atoms with Crippen LogP contribution in [0.3, 0.4) is 0 Å². The van der Waals surface area contributed by atoms with Crippen LogP contribution in [-0.4, -0.2) is 25.4 Å². The lowest BCUT2D eigenvalue weighted by atomic mass is 10.1. The molecule has 1 N–H and O–H groups in total. The number of nitrogens with one attached hydrogen (secondary N) is 1. The van der Waals surface area contributed by atoms with Gasteiger partial charge in [0.25, 0.3) is 0 Å². The molecule has 0 fully saturated rings. The molecule has 0 saturated heterocycles. The standard InChI is InChI=1S/C25H23Cl2F3N2O4S/c1-3-16(2)32(24(33)31-22-12-6-11-21(26)23(22)27)15-17-7-4-9-19(13-17)36-37(34,35)20-10-5-8-18(14-20)25(28,29)30/h4-14,16H,3,15H2,1-2H3,(H,31,33). The van der Waals surface area contributed by atoms with Crippen molar-refractivity contribution in [2.75, 3.05) is 5.32 Å². The summed E-state index contributed by atoms with van der Waals surface area (Å²) in [6.07, 6.45) is -4.09. The molecule has 198 valence electrons. The van der Waals surface area contributed by atoms with E-state index in [1.54, 1.807) is 24.3 Å². The number of anilines is 1. The second-order valence-electron chi connectivity index (χ2n) is 8.13. The Balaban J connectivity index is 1.82. The van der Waals surface area contributed by atoms with Crippen LogP contribution in [0.5, 0.6) is 5.75 Å². The Hall–Kier alpha value is -2.95. The van der Waals surface area contributed by atoms with Crippen molar-refractivity contribution < 1.29 is 30.6 Å². The molecule has 2 amide bonds. The van der Waals surface area contributed by atoms with Crippen LogP contribution >= 0.6 is 23.2 Å². The molecule has 3 aromatic rings. The van der Waals surface area contributed by atoms with E-state index in [1.807, 2.05) is 13.8 Å². The second kappa shape index (κ2) is 11.6. The number of rotatable bonds is 8.